The summed E-state index contributed by atoms with van der Waals surface area (Å²) >= 11 is 0. The van der Waals surface area contributed by atoms with Gasteiger partial charge in [0.05, 0.1) is 18.5 Å². The van der Waals surface area contributed by atoms with E-state index in [0.29, 0.717) is 6.54 Å². The monoisotopic (exact) mass is 226 g/mol. The van der Waals surface area contributed by atoms with Crippen LogP contribution in [0.5, 0.6) is 0 Å². The molecule has 0 unspecified atom stereocenters. The lowest BCUT2D eigenvalue weighted by molar-refractivity contribution is 0.186. The Morgan fingerprint density at radius 3 is 2.56 bits per heavy atom. The van der Waals surface area contributed by atoms with Crippen LogP contribution in [-0.2, 0) is 13.6 Å². The van der Waals surface area contributed by atoms with Crippen molar-refractivity contribution in [3.8, 4) is 0 Å². The van der Waals surface area contributed by atoms with Crippen molar-refractivity contribution in [2.75, 3.05) is 25.6 Å². The molecule has 0 aliphatic heterocycles. The van der Waals surface area contributed by atoms with Crippen LogP contribution in [0.1, 0.15) is 19.5 Å². The van der Waals surface area contributed by atoms with Crippen LogP contribution in [0.25, 0.3) is 0 Å². The number of rotatable bonds is 5. The molecule has 5 heteroatoms. The summed E-state index contributed by atoms with van der Waals surface area (Å²) in [5.74, 6) is 0.929. The zero-order valence-electron chi connectivity index (χ0n) is 10.8. The molecule has 92 valence electrons. The summed E-state index contributed by atoms with van der Waals surface area (Å²) in [6, 6.07) is 0. The smallest absolute Gasteiger partial charge is 0.204 e. The fourth-order valence-electron chi connectivity index (χ4n) is 1.40. The maximum Gasteiger partial charge on any atom is 0.204 e. The van der Waals surface area contributed by atoms with Crippen LogP contribution in [0.2, 0.25) is 0 Å². The second kappa shape index (κ2) is 4.84. The molecule has 1 aromatic heterocycles. The molecule has 0 aliphatic carbocycles. The minimum atomic E-state index is -0.261. The van der Waals surface area contributed by atoms with Crippen molar-refractivity contribution in [3.05, 3.63) is 11.9 Å². The molecular weight excluding hydrogens is 204 g/mol. The lowest BCUT2D eigenvalue weighted by Crippen LogP contribution is -2.42. The average molecular weight is 226 g/mol. The molecular formula is C11H22N4O. The number of nitrogens with zero attached hydrogens (tertiary/aromatic N) is 3. The van der Waals surface area contributed by atoms with Gasteiger partial charge >= 0.3 is 0 Å². The number of imidazole rings is 1. The van der Waals surface area contributed by atoms with E-state index in [1.165, 1.54) is 0 Å². The van der Waals surface area contributed by atoms with Gasteiger partial charge in [0.2, 0.25) is 5.95 Å². The Bertz CT molecular complexity index is 344. The van der Waals surface area contributed by atoms with Crippen LogP contribution < -0.4 is 10.2 Å². The molecule has 0 amide bonds. The third kappa shape index (κ3) is 2.96. The van der Waals surface area contributed by atoms with Gasteiger partial charge in [-0.05, 0) is 13.8 Å². The Kier molecular flexibility index (Phi) is 3.93. The van der Waals surface area contributed by atoms with Crippen molar-refractivity contribution >= 4 is 5.95 Å². The number of aliphatic hydroxyl groups is 1. The molecule has 0 aliphatic rings. The minimum absolute atomic E-state index is 0.116. The van der Waals surface area contributed by atoms with Crippen molar-refractivity contribution in [1.82, 2.24) is 14.9 Å². The Morgan fingerprint density at radius 2 is 2.12 bits per heavy atom. The first-order valence-electron chi connectivity index (χ1n) is 5.41. The second-order valence-corrected chi connectivity index (χ2v) is 4.90. The lowest BCUT2D eigenvalue weighted by Gasteiger charge is -2.23. The molecule has 5 nitrogen and oxygen atoms in total. The number of aliphatic hydroxyl groups excluding tert-OH is 1. The standard InChI is InChI=1S/C11H22N4O/c1-11(2,8-16)13-7-9-6-12-10(14(3)4)15(9)5/h6,13,16H,7-8H2,1-5H3. The number of aromatic nitrogens is 2. The zero-order valence-corrected chi connectivity index (χ0v) is 10.8. The van der Waals surface area contributed by atoms with Crippen LogP contribution in [0.3, 0.4) is 0 Å². The van der Waals surface area contributed by atoms with Crippen molar-refractivity contribution in [3.63, 3.8) is 0 Å². The number of hydrogen-bond acceptors (Lipinski definition) is 4. The van der Waals surface area contributed by atoms with Crippen molar-refractivity contribution in [1.29, 1.82) is 0 Å². The molecule has 1 aromatic rings. The highest BCUT2D eigenvalue weighted by molar-refractivity contribution is 5.30. The SMILES string of the molecule is CN(C)c1ncc(CNC(C)(C)CO)n1C. The van der Waals surface area contributed by atoms with E-state index in [-0.39, 0.29) is 12.1 Å². The van der Waals surface area contributed by atoms with Gasteiger partial charge in [-0.2, -0.15) is 0 Å². The minimum Gasteiger partial charge on any atom is -0.394 e. The summed E-state index contributed by atoms with van der Waals surface area (Å²) in [5, 5.41) is 12.4. The Hall–Kier alpha value is -1.07. The molecule has 0 atom stereocenters. The summed E-state index contributed by atoms with van der Waals surface area (Å²) in [5.41, 5.74) is 0.841. The molecule has 0 bridgehead atoms. The number of anilines is 1. The van der Waals surface area contributed by atoms with E-state index in [0.717, 1.165) is 11.6 Å². The highest BCUT2D eigenvalue weighted by atomic mass is 16.3. The van der Waals surface area contributed by atoms with Crippen molar-refractivity contribution < 1.29 is 5.11 Å². The van der Waals surface area contributed by atoms with E-state index in [9.17, 15) is 0 Å². The highest BCUT2D eigenvalue weighted by Gasteiger charge is 2.16. The van der Waals surface area contributed by atoms with Crippen LogP contribution in [0, 0.1) is 0 Å². The van der Waals surface area contributed by atoms with Crippen LogP contribution in [-0.4, -0.2) is 40.9 Å². The molecule has 16 heavy (non-hydrogen) atoms. The first-order valence-corrected chi connectivity index (χ1v) is 5.41. The van der Waals surface area contributed by atoms with E-state index in [1.807, 2.05) is 50.7 Å². The van der Waals surface area contributed by atoms with Gasteiger partial charge in [0.15, 0.2) is 0 Å². The lowest BCUT2D eigenvalue weighted by atomic mass is 10.1. The van der Waals surface area contributed by atoms with Gasteiger partial charge < -0.3 is 19.9 Å². The van der Waals surface area contributed by atoms with Gasteiger partial charge in [0, 0.05) is 33.2 Å². The number of nitrogens with one attached hydrogen (secondary N) is 1. The first-order chi connectivity index (χ1) is 7.37. The first kappa shape index (κ1) is 13.0. The van der Waals surface area contributed by atoms with Crippen molar-refractivity contribution in [2.45, 2.75) is 25.9 Å². The van der Waals surface area contributed by atoms with Gasteiger partial charge in [-0.25, -0.2) is 4.98 Å². The summed E-state index contributed by atoms with van der Waals surface area (Å²) in [4.78, 5) is 6.30. The predicted molar refractivity (Wildman–Crippen MR) is 65.5 cm³/mol. The molecule has 0 spiro atoms. The molecule has 2 N–H and O–H groups in total. The van der Waals surface area contributed by atoms with E-state index in [4.69, 9.17) is 5.11 Å². The van der Waals surface area contributed by atoms with Gasteiger partial charge in [0.1, 0.15) is 0 Å². The van der Waals surface area contributed by atoms with E-state index in [1.54, 1.807) is 0 Å². The Labute approximate surface area is 97.1 Å². The predicted octanol–water partition coefficient (Wildman–Crippen LogP) is 0.347. The van der Waals surface area contributed by atoms with E-state index >= 15 is 0 Å². The summed E-state index contributed by atoms with van der Waals surface area (Å²) in [6.07, 6.45) is 1.86. The van der Waals surface area contributed by atoms with Gasteiger partial charge in [-0.3, -0.25) is 0 Å². The summed E-state index contributed by atoms with van der Waals surface area (Å²) in [7, 11) is 5.93. The molecule has 0 saturated heterocycles. The molecule has 1 heterocycles. The molecule has 0 fully saturated rings. The third-order valence-electron chi connectivity index (χ3n) is 2.60. The fraction of sp³-hybridized carbons (Fsp3) is 0.727. The van der Waals surface area contributed by atoms with Crippen LogP contribution >= 0.6 is 0 Å². The summed E-state index contributed by atoms with van der Waals surface area (Å²) in [6.45, 7) is 4.75. The van der Waals surface area contributed by atoms with Gasteiger partial charge in [0.25, 0.3) is 0 Å². The quantitative estimate of drug-likeness (QED) is 0.760. The highest BCUT2D eigenvalue weighted by Crippen LogP contribution is 2.11. The molecule has 0 saturated carbocycles. The Morgan fingerprint density at radius 1 is 1.50 bits per heavy atom. The topological polar surface area (TPSA) is 53.3 Å². The van der Waals surface area contributed by atoms with E-state index in [2.05, 4.69) is 10.3 Å². The summed E-state index contributed by atoms with van der Waals surface area (Å²) < 4.78 is 2.04. The largest absolute Gasteiger partial charge is 0.394 e. The third-order valence-corrected chi connectivity index (χ3v) is 2.60. The maximum absolute atomic E-state index is 9.14. The molecule has 0 aromatic carbocycles. The average Bonchev–Trinajstić information content (AvgIpc) is 2.57. The maximum atomic E-state index is 9.14. The van der Waals surface area contributed by atoms with E-state index < -0.39 is 0 Å². The molecule has 1 rings (SSSR count). The van der Waals surface area contributed by atoms with Crippen LogP contribution in [0.15, 0.2) is 6.20 Å². The van der Waals surface area contributed by atoms with Crippen LogP contribution in [0.4, 0.5) is 5.95 Å². The second-order valence-electron chi connectivity index (χ2n) is 4.90. The normalized spacial score (nSPS) is 11.9. The fourth-order valence-corrected chi connectivity index (χ4v) is 1.40. The van der Waals surface area contributed by atoms with Gasteiger partial charge in [-0.15, -0.1) is 0 Å². The van der Waals surface area contributed by atoms with Gasteiger partial charge in [-0.1, -0.05) is 0 Å². The zero-order chi connectivity index (χ0) is 12.3. The van der Waals surface area contributed by atoms with Crippen molar-refractivity contribution in [2.24, 2.45) is 7.05 Å². The number of hydrogen-bond donors (Lipinski definition) is 2. The molecule has 0 radical (unpaired) electrons. The Balaban J connectivity index is 2.69.